The van der Waals surface area contributed by atoms with E-state index in [2.05, 4.69) is 18.8 Å². The van der Waals surface area contributed by atoms with Crippen LogP contribution in [-0.2, 0) is 6.42 Å². The summed E-state index contributed by atoms with van der Waals surface area (Å²) in [6.45, 7) is 5.87. The number of ether oxygens (including phenoxy) is 1. The molecule has 1 heterocycles. The molecule has 0 radical (unpaired) electrons. The Morgan fingerprint density at radius 3 is 2.71 bits per heavy atom. The number of aryl methyl sites for hydroxylation is 1. The first-order valence-corrected chi connectivity index (χ1v) is 6.58. The van der Waals surface area contributed by atoms with Crippen LogP contribution in [0.25, 0.3) is 0 Å². The van der Waals surface area contributed by atoms with Gasteiger partial charge in [-0.25, -0.2) is 4.98 Å². The van der Waals surface area contributed by atoms with Crippen molar-refractivity contribution in [1.29, 1.82) is 0 Å². The number of nitrogens with two attached hydrogens (primary N) is 1. The van der Waals surface area contributed by atoms with E-state index >= 15 is 0 Å². The van der Waals surface area contributed by atoms with Gasteiger partial charge >= 0.3 is 0 Å². The quantitative estimate of drug-likeness (QED) is 0.755. The molecule has 0 atom stereocenters. The van der Waals surface area contributed by atoms with Gasteiger partial charge in [-0.05, 0) is 31.4 Å². The topological polar surface area (TPSA) is 48.1 Å². The molecule has 17 heavy (non-hydrogen) atoms. The molecular formula is C14H24N2O. The predicted molar refractivity (Wildman–Crippen MR) is 71.2 cm³/mol. The second kappa shape index (κ2) is 8.07. The van der Waals surface area contributed by atoms with Crippen molar-refractivity contribution in [3.8, 4) is 5.88 Å². The van der Waals surface area contributed by atoms with E-state index in [0.717, 1.165) is 43.9 Å². The third kappa shape index (κ3) is 5.18. The Morgan fingerprint density at radius 2 is 2.06 bits per heavy atom. The first kappa shape index (κ1) is 14.0. The number of pyridine rings is 1. The maximum absolute atomic E-state index is 5.73. The van der Waals surface area contributed by atoms with E-state index in [1.807, 2.05) is 18.2 Å². The lowest BCUT2D eigenvalue weighted by molar-refractivity contribution is 0.232. The van der Waals surface area contributed by atoms with Gasteiger partial charge in [0.2, 0.25) is 5.88 Å². The monoisotopic (exact) mass is 236 g/mol. The molecule has 0 spiro atoms. The highest BCUT2D eigenvalue weighted by atomic mass is 16.5. The maximum Gasteiger partial charge on any atom is 0.213 e. The summed E-state index contributed by atoms with van der Waals surface area (Å²) in [5, 5.41) is 0. The van der Waals surface area contributed by atoms with Gasteiger partial charge in [-0.3, -0.25) is 0 Å². The summed E-state index contributed by atoms with van der Waals surface area (Å²) < 4.78 is 5.73. The van der Waals surface area contributed by atoms with Crippen LogP contribution in [0.3, 0.4) is 0 Å². The van der Waals surface area contributed by atoms with Gasteiger partial charge < -0.3 is 10.5 Å². The van der Waals surface area contributed by atoms with Crippen LogP contribution < -0.4 is 10.5 Å². The first-order valence-electron chi connectivity index (χ1n) is 6.58. The molecule has 0 bridgehead atoms. The lowest BCUT2D eigenvalue weighted by Crippen LogP contribution is -2.11. The lowest BCUT2D eigenvalue weighted by Gasteiger charge is -2.13. The summed E-state index contributed by atoms with van der Waals surface area (Å²) in [6, 6.07) is 5.95. The fourth-order valence-electron chi connectivity index (χ4n) is 1.69. The summed E-state index contributed by atoms with van der Waals surface area (Å²) in [7, 11) is 0. The standard InChI is InChI=1S/C14H24N2O/c1-3-12(4-2)11-17-14-9-5-7-13(16-14)8-6-10-15/h5,7,9,12H,3-4,6,8,10-11,15H2,1-2H3. The van der Waals surface area contributed by atoms with Crippen molar-refractivity contribution < 1.29 is 4.74 Å². The molecule has 2 N–H and O–H groups in total. The zero-order chi connectivity index (χ0) is 12.5. The van der Waals surface area contributed by atoms with E-state index in [9.17, 15) is 0 Å². The number of aromatic nitrogens is 1. The van der Waals surface area contributed by atoms with Crippen molar-refractivity contribution in [3.05, 3.63) is 23.9 Å². The van der Waals surface area contributed by atoms with Gasteiger partial charge in [0.25, 0.3) is 0 Å². The van der Waals surface area contributed by atoms with Gasteiger partial charge in [-0.1, -0.05) is 32.8 Å². The van der Waals surface area contributed by atoms with Crippen molar-refractivity contribution in [3.63, 3.8) is 0 Å². The third-order valence-electron chi connectivity index (χ3n) is 3.04. The lowest BCUT2D eigenvalue weighted by atomic mass is 10.1. The number of hydrogen-bond donors (Lipinski definition) is 1. The second-order valence-corrected chi connectivity index (χ2v) is 4.35. The molecule has 0 aromatic carbocycles. The minimum atomic E-state index is 0.629. The highest BCUT2D eigenvalue weighted by molar-refractivity contribution is 5.15. The molecule has 3 nitrogen and oxygen atoms in total. The van der Waals surface area contributed by atoms with Gasteiger partial charge in [0.05, 0.1) is 6.61 Å². The zero-order valence-electron chi connectivity index (χ0n) is 11.0. The number of rotatable bonds is 8. The fraction of sp³-hybridized carbons (Fsp3) is 0.643. The van der Waals surface area contributed by atoms with Crippen LogP contribution in [-0.4, -0.2) is 18.1 Å². The van der Waals surface area contributed by atoms with E-state index in [0.29, 0.717) is 12.5 Å². The van der Waals surface area contributed by atoms with Crippen molar-refractivity contribution in [1.82, 2.24) is 4.98 Å². The van der Waals surface area contributed by atoms with Crippen LogP contribution in [0.1, 0.15) is 38.8 Å². The smallest absolute Gasteiger partial charge is 0.213 e. The molecule has 0 fully saturated rings. The highest BCUT2D eigenvalue weighted by Gasteiger charge is 2.05. The Hall–Kier alpha value is -1.09. The summed E-state index contributed by atoms with van der Waals surface area (Å²) in [5.41, 5.74) is 6.56. The normalized spacial score (nSPS) is 10.8. The van der Waals surface area contributed by atoms with Crippen LogP contribution in [0.5, 0.6) is 5.88 Å². The molecule has 1 aromatic rings. The average molecular weight is 236 g/mol. The van der Waals surface area contributed by atoms with Crippen molar-refractivity contribution in [2.24, 2.45) is 11.7 Å². The molecule has 96 valence electrons. The van der Waals surface area contributed by atoms with E-state index in [4.69, 9.17) is 10.5 Å². The van der Waals surface area contributed by atoms with Crippen molar-refractivity contribution in [2.75, 3.05) is 13.2 Å². The summed E-state index contributed by atoms with van der Waals surface area (Å²) in [4.78, 5) is 4.47. The molecule has 3 heteroatoms. The predicted octanol–water partition coefficient (Wildman–Crippen LogP) is 2.79. The van der Waals surface area contributed by atoms with Gasteiger partial charge in [0.15, 0.2) is 0 Å². The van der Waals surface area contributed by atoms with Gasteiger partial charge in [-0.15, -0.1) is 0 Å². The summed E-state index contributed by atoms with van der Waals surface area (Å²) in [6.07, 6.45) is 4.22. The summed E-state index contributed by atoms with van der Waals surface area (Å²) >= 11 is 0. The van der Waals surface area contributed by atoms with Crippen molar-refractivity contribution >= 4 is 0 Å². The van der Waals surface area contributed by atoms with E-state index in [1.165, 1.54) is 0 Å². The van der Waals surface area contributed by atoms with Crippen LogP contribution in [0, 0.1) is 5.92 Å². The third-order valence-corrected chi connectivity index (χ3v) is 3.04. The first-order chi connectivity index (χ1) is 8.30. The van der Waals surface area contributed by atoms with Gasteiger partial charge in [-0.2, -0.15) is 0 Å². The Kier molecular flexibility index (Phi) is 6.63. The van der Waals surface area contributed by atoms with Gasteiger partial charge in [0, 0.05) is 11.8 Å². The van der Waals surface area contributed by atoms with E-state index < -0.39 is 0 Å². The molecule has 0 saturated heterocycles. The Labute approximate surface area is 104 Å². The minimum Gasteiger partial charge on any atom is -0.477 e. The Balaban J connectivity index is 2.47. The second-order valence-electron chi connectivity index (χ2n) is 4.35. The highest BCUT2D eigenvalue weighted by Crippen LogP contribution is 2.13. The zero-order valence-corrected chi connectivity index (χ0v) is 11.0. The number of nitrogens with zero attached hydrogens (tertiary/aromatic N) is 1. The largest absolute Gasteiger partial charge is 0.477 e. The number of hydrogen-bond acceptors (Lipinski definition) is 3. The van der Waals surface area contributed by atoms with Crippen LogP contribution in [0.15, 0.2) is 18.2 Å². The molecule has 0 aliphatic carbocycles. The Morgan fingerprint density at radius 1 is 1.29 bits per heavy atom. The molecule has 0 unspecified atom stereocenters. The molecule has 0 saturated carbocycles. The maximum atomic E-state index is 5.73. The molecule has 0 aliphatic rings. The molecule has 0 aliphatic heterocycles. The van der Waals surface area contributed by atoms with E-state index in [1.54, 1.807) is 0 Å². The fourth-order valence-corrected chi connectivity index (χ4v) is 1.69. The molecule has 1 rings (SSSR count). The minimum absolute atomic E-state index is 0.629. The van der Waals surface area contributed by atoms with Crippen LogP contribution >= 0.6 is 0 Å². The molecular weight excluding hydrogens is 212 g/mol. The molecule has 1 aromatic heterocycles. The van der Waals surface area contributed by atoms with Crippen LogP contribution in [0.4, 0.5) is 0 Å². The van der Waals surface area contributed by atoms with Gasteiger partial charge in [0.1, 0.15) is 0 Å². The Bertz CT molecular complexity index is 311. The SMILES string of the molecule is CCC(CC)COc1cccc(CCCN)n1. The van der Waals surface area contributed by atoms with Crippen molar-refractivity contribution in [2.45, 2.75) is 39.5 Å². The summed E-state index contributed by atoms with van der Waals surface area (Å²) in [5.74, 6) is 1.37. The van der Waals surface area contributed by atoms with E-state index in [-0.39, 0.29) is 0 Å². The molecule has 0 amide bonds. The van der Waals surface area contributed by atoms with Crippen LogP contribution in [0.2, 0.25) is 0 Å². The average Bonchev–Trinajstić information content (AvgIpc) is 2.38.